The molecule has 0 bridgehead atoms. The molecule has 0 amide bonds. The molecule has 0 saturated carbocycles. The summed E-state index contributed by atoms with van der Waals surface area (Å²) in [6.45, 7) is 4.36. The molecule has 0 aliphatic carbocycles. The number of phosphoric ester groups is 1. The number of rotatable bonds is 39. The summed E-state index contributed by atoms with van der Waals surface area (Å²) in [6.07, 6.45) is 35.5. The van der Waals surface area contributed by atoms with Gasteiger partial charge < -0.3 is 18.9 Å². The van der Waals surface area contributed by atoms with Crippen LogP contribution in [0.2, 0.25) is 0 Å². The molecule has 0 rings (SSSR count). The summed E-state index contributed by atoms with van der Waals surface area (Å²) in [4.78, 5) is 35.2. The van der Waals surface area contributed by atoms with E-state index >= 15 is 0 Å². The minimum Gasteiger partial charge on any atom is -0.462 e. The van der Waals surface area contributed by atoms with Gasteiger partial charge in [0, 0.05) is 12.8 Å². The lowest BCUT2D eigenvalue weighted by molar-refractivity contribution is -0.870. The Bertz CT molecular complexity index is 907. The van der Waals surface area contributed by atoms with Crippen LogP contribution in [-0.4, -0.2) is 74.9 Å². The molecule has 0 radical (unpaired) electrons. The third kappa shape index (κ3) is 38.5. The number of unbranched alkanes of at least 4 members (excludes halogenated alkanes) is 23. The lowest BCUT2D eigenvalue weighted by atomic mass is 10.0. The van der Waals surface area contributed by atoms with Crippen LogP contribution in [0.15, 0.2) is 12.2 Å². The number of ether oxygens (including phenoxy) is 2. The van der Waals surface area contributed by atoms with Gasteiger partial charge in [0.1, 0.15) is 19.8 Å². The quantitative estimate of drug-likeness (QED) is 0.0217. The van der Waals surface area contributed by atoms with Crippen molar-refractivity contribution in [2.24, 2.45) is 0 Å². The molecule has 1 N–H and O–H groups in total. The van der Waals surface area contributed by atoms with Crippen molar-refractivity contribution in [3.63, 3.8) is 0 Å². The molecule has 0 aliphatic heterocycles. The monoisotopic (exact) mass is 761 g/mol. The van der Waals surface area contributed by atoms with Gasteiger partial charge in [-0.25, -0.2) is 4.57 Å². The fourth-order valence-electron chi connectivity index (χ4n) is 5.90. The van der Waals surface area contributed by atoms with Gasteiger partial charge in [0.2, 0.25) is 0 Å². The first-order chi connectivity index (χ1) is 25.0. The summed E-state index contributed by atoms with van der Waals surface area (Å²) in [5.41, 5.74) is 0. The number of quaternary nitrogens is 1. The van der Waals surface area contributed by atoms with Crippen LogP contribution in [0.3, 0.4) is 0 Å². The predicted octanol–water partition coefficient (Wildman–Crippen LogP) is 11.8. The number of likely N-dealkylation sites (N-methyl/N-ethyl adjacent to an activating group) is 1. The summed E-state index contributed by atoms with van der Waals surface area (Å²) in [6, 6.07) is 0. The van der Waals surface area contributed by atoms with Gasteiger partial charge in [0.15, 0.2) is 6.10 Å². The Hall–Kier alpha value is -1.25. The largest absolute Gasteiger partial charge is 0.472 e. The lowest BCUT2D eigenvalue weighted by Crippen LogP contribution is -2.37. The summed E-state index contributed by atoms with van der Waals surface area (Å²) in [7, 11) is 1.48. The number of hydrogen-bond acceptors (Lipinski definition) is 7. The van der Waals surface area contributed by atoms with E-state index in [1.165, 1.54) is 103 Å². The van der Waals surface area contributed by atoms with Crippen molar-refractivity contribution in [2.45, 2.75) is 200 Å². The smallest absolute Gasteiger partial charge is 0.462 e. The highest BCUT2D eigenvalue weighted by Gasteiger charge is 2.27. The van der Waals surface area contributed by atoms with Crippen LogP contribution in [0.1, 0.15) is 194 Å². The number of hydrogen-bond donors (Lipinski definition) is 1. The molecular weight excluding hydrogens is 677 g/mol. The van der Waals surface area contributed by atoms with Crippen molar-refractivity contribution in [2.75, 3.05) is 47.5 Å². The topological polar surface area (TPSA) is 108 Å². The first kappa shape index (κ1) is 50.8. The predicted molar refractivity (Wildman–Crippen MR) is 215 cm³/mol. The average molecular weight is 761 g/mol. The molecule has 0 aromatic carbocycles. The van der Waals surface area contributed by atoms with Gasteiger partial charge in [-0.15, -0.1) is 0 Å². The van der Waals surface area contributed by atoms with Crippen LogP contribution >= 0.6 is 7.82 Å². The zero-order chi connectivity index (χ0) is 38.6. The zero-order valence-electron chi connectivity index (χ0n) is 34.6. The molecule has 0 spiro atoms. The van der Waals surface area contributed by atoms with E-state index in [1.807, 2.05) is 21.1 Å². The molecule has 2 unspecified atom stereocenters. The van der Waals surface area contributed by atoms with Gasteiger partial charge in [-0.1, -0.05) is 161 Å². The van der Waals surface area contributed by atoms with Gasteiger partial charge in [0.05, 0.1) is 27.7 Å². The maximum absolute atomic E-state index is 12.6. The van der Waals surface area contributed by atoms with Gasteiger partial charge in [-0.3, -0.25) is 18.6 Å². The number of phosphoric acid groups is 1. The highest BCUT2D eigenvalue weighted by atomic mass is 31.2. The first-order valence-corrected chi connectivity index (χ1v) is 22.9. The number of allylic oxidation sites excluding steroid dienone is 2. The van der Waals surface area contributed by atoms with Crippen molar-refractivity contribution in [1.29, 1.82) is 0 Å². The van der Waals surface area contributed by atoms with Crippen molar-refractivity contribution in [1.82, 2.24) is 0 Å². The van der Waals surface area contributed by atoms with Crippen molar-refractivity contribution < 1.29 is 42.1 Å². The van der Waals surface area contributed by atoms with Crippen LogP contribution in [0.4, 0.5) is 0 Å². The highest BCUT2D eigenvalue weighted by molar-refractivity contribution is 7.47. The minimum atomic E-state index is -4.37. The molecule has 52 heavy (non-hydrogen) atoms. The van der Waals surface area contributed by atoms with Crippen LogP contribution < -0.4 is 0 Å². The summed E-state index contributed by atoms with van der Waals surface area (Å²) >= 11 is 0. The average Bonchev–Trinajstić information content (AvgIpc) is 3.09. The Morgan fingerprint density at radius 3 is 1.50 bits per heavy atom. The van der Waals surface area contributed by atoms with Gasteiger partial charge in [-0.05, 0) is 32.1 Å². The second kappa shape index (κ2) is 35.5. The standard InChI is InChI=1S/C42H82NO8P/c1-6-8-10-12-14-16-18-19-20-21-22-23-24-25-27-28-30-32-34-41(44)48-38-40(39-50-52(46,47)49-37-36-43(3,4)5)51-42(45)35-33-31-29-26-17-15-13-11-9-7-2/h11,13,40H,6-10,12,14-39H2,1-5H3/p+1/b13-11-. The molecule has 0 heterocycles. The highest BCUT2D eigenvalue weighted by Crippen LogP contribution is 2.43. The first-order valence-electron chi connectivity index (χ1n) is 21.4. The van der Waals surface area contributed by atoms with Crippen LogP contribution in [-0.2, 0) is 32.7 Å². The number of carbonyl (C=O) groups excluding carboxylic acids is 2. The molecule has 0 aromatic rings. The molecule has 10 heteroatoms. The molecular formula is C42H83NO8P+. The molecule has 0 saturated heterocycles. The number of carbonyl (C=O) groups is 2. The normalized spacial score (nSPS) is 13.7. The van der Waals surface area contributed by atoms with Crippen LogP contribution in [0.5, 0.6) is 0 Å². The molecule has 0 aliphatic rings. The fraction of sp³-hybridized carbons (Fsp3) is 0.905. The van der Waals surface area contributed by atoms with Gasteiger partial charge >= 0.3 is 19.8 Å². The lowest BCUT2D eigenvalue weighted by Gasteiger charge is -2.24. The van der Waals surface area contributed by atoms with Crippen LogP contribution in [0, 0.1) is 0 Å². The van der Waals surface area contributed by atoms with E-state index in [4.69, 9.17) is 18.5 Å². The van der Waals surface area contributed by atoms with Crippen molar-refractivity contribution in [3.8, 4) is 0 Å². The molecule has 308 valence electrons. The van der Waals surface area contributed by atoms with Crippen molar-refractivity contribution in [3.05, 3.63) is 12.2 Å². The number of esters is 2. The maximum Gasteiger partial charge on any atom is 0.472 e. The van der Waals surface area contributed by atoms with Crippen molar-refractivity contribution >= 4 is 19.8 Å². The van der Waals surface area contributed by atoms with Gasteiger partial charge in [-0.2, -0.15) is 0 Å². The van der Waals surface area contributed by atoms with Crippen LogP contribution in [0.25, 0.3) is 0 Å². The second-order valence-electron chi connectivity index (χ2n) is 15.7. The van der Waals surface area contributed by atoms with E-state index < -0.39 is 26.5 Å². The summed E-state index contributed by atoms with van der Waals surface area (Å²) in [5.74, 6) is -0.803. The SMILES string of the molecule is CCC/C=C\CCCCCCCC(=O)OC(COC(=O)CCCCCCCCCCCCCCCCCCCC)COP(=O)(O)OCC[N+](C)(C)C. The number of nitrogens with zero attached hydrogens (tertiary/aromatic N) is 1. The van der Waals surface area contributed by atoms with E-state index in [2.05, 4.69) is 26.0 Å². The second-order valence-corrected chi connectivity index (χ2v) is 17.2. The van der Waals surface area contributed by atoms with E-state index in [0.29, 0.717) is 23.9 Å². The van der Waals surface area contributed by atoms with E-state index in [0.717, 1.165) is 57.8 Å². The Morgan fingerprint density at radius 2 is 1.02 bits per heavy atom. The Kier molecular flexibility index (Phi) is 34.6. The summed E-state index contributed by atoms with van der Waals surface area (Å²) in [5, 5.41) is 0. The Labute approximate surface area is 320 Å². The third-order valence-electron chi connectivity index (χ3n) is 9.28. The molecule has 9 nitrogen and oxygen atoms in total. The summed E-state index contributed by atoms with van der Waals surface area (Å²) < 4.78 is 34.2. The van der Waals surface area contributed by atoms with E-state index in [9.17, 15) is 19.0 Å². The third-order valence-corrected chi connectivity index (χ3v) is 10.3. The molecule has 0 fully saturated rings. The molecule has 2 atom stereocenters. The van der Waals surface area contributed by atoms with E-state index in [-0.39, 0.29) is 25.6 Å². The Balaban J connectivity index is 4.26. The fourth-order valence-corrected chi connectivity index (χ4v) is 6.64. The zero-order valence-corrected chi connectivity index (χ0v) is 35.5. The minimum absolute atomic E-state index is 0.0329. The maximum atomic E-state index is 12.6. The Morgan fingerprint density at radius 1 is 0.577 bits per heavy atom. The van der Waals surface area contributed by atoms with Gasteiger partial charge in [0.25, 0.3) is 0 Å². The molecule has 0 aromatic heterocycles. The van der Waals surface area contributed by atoms with E-state index in [1.54, 1.807) is 0 Å².